The number of hydrogen-bond donors (Lipinski definition) is 0. The molecule has 0 radical (unpaired) electrons. The predicted octanol–water partition coefficient (Wildman–Crippen LogP) is 6.79. The third-order valence-corrected chi connectivity index (χ3v) is 7.84. The molecule has 1 fully saturated rings. The molecule has 1 amide bonds. The Morgan fingerprint density at radius 1 is 1.15 bits per heavy atom. The molecule has 2 aromatic rings. The monoisotopic (exact) mass is 513 g/mol. The number of carbonyl (C=O) groups is 1. The molecule has 180 valence electrons. The number of nitrogens with zero attached hydrogens (tertiary/aromatic N) is 1. The van der Waals surface area contributed by atoms with Crippen molar-refractivity contribution in [3.63, 3.8) is 0 Å². The van der Waals surface area contributed by atoms with E-state index in [4.69, 9.17) is 27.9 Å². The summed E-state index contributed by atoms with van der Waals surface area (Å²) in [5.74, 6) is -0.863. The molecule has 3 aliphatic rings. The molecule has 9 heteroatoms. The molecule has 1 atom stereocenters. The zero-order chi connectivity index (χ0) is 24.5. The third kappa shape index (κ3) is 3.47. The van der Waals surface area contributed by atoms with Crippen LogP contribution in [0.15, 0.2) is 36.4 Å². The summed E-state index contributed by atoms with van der Waals surface area (Å²) in [6.45, 7) is 3.13. The van der Waals surface area contributed by atoms with Crippen molar-refractivity contribution in [2.75, 3.05) is 13.1 Å². The van der Waals surface area contributed by atoms with Crippen LogP contribution in [-0.4, -0.2) is 30.1 Å². The van der Waals surface area contributed by atoms with Crippen molar-refractivity contribution in [1.29, 1.82) is 0 Å². The zero-order valence-corrected chi connectivity index (χ0v) is 19.8. The van der Waals surface area contributed by atoms with Gasteiger partial charge in [-0.3, -0.25) is 4.79 Å². The molecule has 0 N–H and O–H groups in total. The largest absolute Gasteiger partial charge is 0.399 e. The van der Waals surface area contributed by atoms with Gasteiger partial charge in [0.05, 0.1) is 35.2 Å². The minimum absolute atomic E-state index is 0.0693. The fourth-order valence-electron chi connectivity index (χ4n) is 5.30. The molecule has 0 bridgehead atoms. The predicted molar refractivity (Wildman–Crippen MR) is 121 cm³/mol. The van der Waals surface area contributed by atoms with Gasteiger partial charge in [-0.05, 0) is 58.9 Å². The van der Waals surface area contributed by atoms with Crippen molar-refractivity contribution in [2.45, 2.75) is 50.0 Å². The highest BCUT2D eigenvalue weighted by Gasteiger charge is 2.58. The lowest BCUT2D eigenvalue weighted by molar-refractivity contribution is -0.187. The number of rotatable bonds is 3. The number of carbonyl (C=O) groups excluding carboxylic acids is 1. The third-order valence-electron chi connectivity index (χ3n) is 7.29. The highest BCUT2D eigenvalue weighted by molar-refractivity contribution is 6.35. The van der Waals surface area contributed by atoms with Crippen LogP contribution in [0, 0.1) is 5.82 Å². The molecule has 2 heterocycles. The van der Waals surface area contributed by atoms with Gasteiger partial charge in [0.15, 0.2) is 5.82 Å². The molecule has 1 spiro atoms. The standard InChI is InChI=1S/C25H21Cl2F4NO2/c1-2-21(33)32-12-24(13-32)18-4-3-14(7-16(18)11-34-24)15-5-6-23(10-15,25(29,30)31)17-8-19(26)22(28)20(27)9-17/h3-5,7-9H,2,6,10-13H2,1H3. The van der Waals surface area contributed by atoms with Gasteiger partial charge < -0.3 is 9.64 Å². The Morgan fingerprint density at radius 2 is 1.82 bits per heavy atom. The summed E-state index contributed by atoms with van der Waals surface area (Å²) in [6.07, 6.45) is -3.19. The number of benzene rings is 2. The number of hydrogen-bond acceptors (Lipinski definition) is 2. The normalized spacial score (nSPS) is 23.1. The van der Waals surface area contributed by atoms with Crippen molar-refractivity contribution >= 4 is 34.7 Å². The Labute approximate surface area is 204 Å². The van der Waals surface area contributed by atoms with Crippen LogP contribution in [0.2, 0.25) is 10.0 Å². The number of alkyl halides is 3. The summed E-state index contributed by atoms with van der Waals surface area (Å²) < 4.78 is 63.1. The SMILES string of the molecule is CCC(=O)N1CC2(C1)OCc1cc(C3=CCC(c4cc(Cl)c(F)c(Cl)c4)(C(F)(F)F)C3)ccc12. The fourth-order valence-corrected chi connectivity index (χ4v) is 5.79. The van der Waals surface area contributed by atoms with E-state index in [-0.39, 0.29) is 24.3 Å². The first-order valence-electron chi connectivity index (χ1n) is 11.0. The van der Waals surface area contributed by atoms with Crippen molar-refractivity contribution in [3.8, 4) is 0 Å². The molecule has 5 rings (SSSR count). The number of ether oxygens (including phenoxy) is 1. The van der Waals surface area contributed by atoms with Gasteiger partial charge in [0.2, 0.25) is 5.91 Å². The Morgan fingerprint density at radius 3 is 2.44 bits per heavy atom. The molecule has 1 saturated heterocycles. The van der Waals surface area contributed by atoms with E-state index < -0.39 is 33.1 Å². The quantitative estimate of drug-likeness (QED) is 0.334. The molecule has 0 aromatic heterocycles. The molecule has 1 unspecified atom stereocenters. The second-order valence-corrected chi connectivity index (χ2v) is 10.0. The molecule has 34 heavy (non-hydrogen) atoms. The first kappa shape index (κ1) is 23.6. The zero-order valence-electron chi connectivity index (χ0n) is 18.2. The highest BCUT2D eigenvalue weighted by Crippen LogP contribution is 2.55. The molecule has 2 aliphatic heterocycles. The second-order valence-electron chi connectivity index (χ2n) is 9.20. The minimum atomic E-state index is -4.60. The van der Waals surface area contributed by atoms with E-state index in [2.05, 4.69) is 0 Å². The van der Waals surface area contributed by atoms with Crippen LogP contribution >= 0.6 is 23.2 Å². The van der Waals surface area contributed by atoms with Crippen LogP contribution in [0.3, 0.4) is 0 Å². The van der Waals surface area contributed by atoms with Gasteiger partial charge in [-0.1, -0.05) is 48.3 Å². The van der Waals surface area contributed by atoms with Crippen molar-refractivity contribution in [2.24, 2.45) is 0 Å². The van der Waals surface area contributed by atoms with Crippen molar-refractivity contribution < 1.29 is 27.1 Å². The van der Waals surface area contributed by atoms with Crippen molar-refractivity contribution in [3.05, 3.63) is 74.5 Å². The van der Waals surface area contributed by atoms with Gasteiger partial charge in [0.1, 0.15) is 5.60 Å². The average Bonchev–Trinajstić information content (AvgIpc) is 3.38. The van der Waals surface area contributed by atoms with Crippen LogP contribution in [-0.2, 0) is 27.2 Å². The first-order chi connectivity index (χ1) is 16.0. The topological polar surface area (TPSA) is 29.5 Å². The minimum Gasteiger partial charge on any atom is -0.362 e. The second kappa shape index (κ2) is 7.97. The van der Waals surface area contributed by atoms with Gasteiger partial charge in [0.25, 0.3) is 0 Å². The molecule has 0 saturated carbocycles. The van der Waals surface area contributed by atoms with E-state index in [1.165, 1.54) is 0 Å². The summed E-state index contributed by atoms with van der Waals surface area (Å²) >= 11 is 11.7. The molecule has 3 nitrogen and oxygen atoms in total. The average molecular weight is 514 g/mol. The summed E-state index contributed by atoms with van der Waals surface area (Å²) in [5, 5.41) is -0.869. The van der Waals surface area contributed by atoms with Gasteiger partial charge in [-0.25, -0.2) is 4.39 Å². The van der Waals surface area contributed by atoms with Crippen LogP contribution in [0.5, 0.6) is 0 Å². The van der Waals surface area contributed by atoms with Gasteiger partial charge in [-0.2, -0.15) is 13.2 Å². The Hall–Kier alpha value is -2.09. The first-order valence-corrected chi connectivity index (χ1v) is 11.7. The van der Waals surface area contributed by atoms with E-state index in [1.807, 2.05) is 25.1 Å². The van der Waals surface area contributed by atoms with Crippen LogP contribution in [0.4, 0.5) is 17.6 Å². The van der Waals surface area contributed by atoms with Crippen LogP contribution in [0.1, 0.15) is 48.4 Å². The maximum atomic E-state index is 14.4. The van der Waals surface area contributed by atoms with Gasteiger partial charge >= 0.3 is 6.18 Å². The number of halogens is 6. The molecular formula is C25H21Cl2F4NO2. The van der Waals surface area contributed by atoms with E-state index in [1.54, 1.807) is 11.0 Å². The van der Waals surface area contributed by atoms with Crippen LogP contribution in [0.25, 0.3) is 5.57 Å². The summed E-state index contributed by atoms with van der Waals surface area (Å²) in [5.41, 5.74) is 0.212. The molecule has 2 aromatic carbocycles. The Balaban J connectivity index is 1.43. The summed E-state index contributed by atoms with van der Waals surface area (Å²) in [4.78, 5) is 13.7. The lowest BCUT2D eigenvalue weighted by Crippen LogP contribution is -2.61. The van der Waals surface area contributed by atoms with Crippen LogP contribution < -0.4 is 0 Å². The lowest BCUT2D eigenvalue weighted by Gasteiger charge is -2.47. The number of fused-ring (bicyclic) bond motifs is 2. The van der Waals surface area contributed by atoms with E-state index in [0.717, 1.165) is 23.3 Å². The fraction of sp³-hybridized carbons (Fsp3) is 0.400. The maximum absolute atomic E-state index is 14.4. The molecule has 1 aliphatic carbocycles. The summed E-state index contributed by atoms with van der Waals surface area (Å²) in [7, 11) is 0. The lowest BCUT2D eigenvalue weighted by atomic mass is 9.76. The maximum Gasteiger partial charge on any atom is 0.399 e. The number of amides is 1. The van der Waals surface area contributed by atoms with Gasteiger partial charge in [0, 0.05) is 6.42 Å². The number of likely N-dealkylation sites (tertiary alicyclic amines) is 1. The number of allylic oxidation sites excluding steroid dienone is 2. The highest BCUT2D eigenvalue weighted by atomic mass is 35.5. The van der Waals surface area contributed by atoms with E-state index in [0.29, 0.717) is 37.3 Å². The smallest absolute Gasteiger partial charge is 0.362 e. The summed E-state index contributed by atoms with van der Waals surface area (Å²) in [6, 6.07) is 7.62. The van der Waals surface area contributed by atoms with E-state index in [9.17, 15) is 22.4 Å². The molecular weight excluding hydrogens is 493 g/mol. The Bertz CT molecular complexity index is 1200. The van der Waals surface area contributed by atoms with Crippen molar-refractivity contribution in [1.82, 2.24) is 4.90 Å². The van der Waals surface area contributed by atoms with E-state index >= 15 is 0 Å². The van der Waals surface area contributed by atoms with Gasteiger partial charge in [-0.15, -0.1) is 0 Å². The Kier molecular flexibility index (Phi) is 5.54.